The summed E-state index contributed by atoms with van der Waals surface area (Å²) >= 11 is 3.24. The molecule has 0 fully saturated rings. The minimum atomic E-state index is 0.728. The fourth-order valence-corrected chi connectivity index (χ4v) is 3.21. The SMILES string of the molecule is N#Cc1csc(CNc2ccc(-c3nccs3)cc2)c1. The van der Waals surface area contributed by atoms with Gasteiger partial charge in [0.1, 0.15) is 11.1 Å². The number of thiophene rings is 1. The van der Waals surface area contributed by atoms with Gasteiger partial charge in [0.15, 0.2) is 0 Å². The van der Waals surface area contributed by atoms with E-state index in [0.29, 0.717) is 0 Å². The molecule has 0 saturated carbocycles. The second kappa shape index (κ2) is 5.87. The second-order valence-electron chi connectivity index (χ2n) is 4.18. The predicted octanol–water partition coefficient (Wildman–Crippen LogP) is 4.36. The molecule has 0 spiro atoms. The molecule has 3 nitrogen and oxygen atoms in total. The average Bonchev–Trinajstić information content (AvgIpc) is 3.17. The second-order valence-corrected chi connectivity index (χ2v) is 6.07. The van der Waals surface area contributed by atoms with E-state index in [-0.39, 0.29) is 0 Å². The lowest BCUT2D eigenvalue weighted by Gasteiger charge is -2.05. The van der Waals surface area contributed by atoms with E-state index in [1.165, 1.54) is 0 Å². The van der Waals surface area contributed by atoms with Gasteiger partial charge in [-0.25, -0.2) is 4.98 Å². The van der Waals surface area contributed by atoms with Crippen LogP contribution in [0.2, 0.25) is 0 Å². The van der Waals surface area contributed by atoms with Crippen molar-refractivity contribution in [3.8, 4) is 16.6 Å². The van der Waals surface area contributed by atoms with Gasteiger partial charge in [-0.3, -0.25) is 0 Å². The number of nitrogens with zero attached hydrogens (tertiary/aromatic N) is 2. The van der Waals surface area contributed by atoms with Crippen molar-refractivity contribution < 1.29 is 0 Å². The molecule has 0 unspecified atom stereocenters. The van der Waals surface area contributed by atoms with Crippen LogP contribution in [0.3, 0.4) is 0 Å². The number of rotatable bonds is 4. The summed E-state index contributed by atoms with van der Waals surface area (Å²) in [6.07, 6.45) is 1.82. The topological polar surface area (TPSA) is 48.7 Å². The molecule has 3 rings (SSSR count). The van der Waals surface area contributed by atoms with E-state index in [1.54, 1.807) is 22.7 Å². The van der Waals surface area contributed by atoms with Gasteiger partial charge in [0.05, 0.1) is 5.56 Å². The highest BCUT2D eigenvalue weighted by Crippen LogP contribution is 2.23. The van der Waals surface area contributed by atoms with Gasteiger partial charge in [0, 0.05) is 39.6 Å². The first-order chi connectivity index (χ1) is 9.85. The molecule has 0 aliphatic heterocycles. The minimum Gasteiger partial charge on any atom is -0.380 e. The van der Waals surface area contributed by atoms with Gasteiger partial charge >= 0.3 is 0 Å². The molecule has 1 aromatic carbocycles. The molecule has 0 saturated heterocycles. The summed E-state index contributed by atoms with van der Waals surface area (Å²) < 4.78 is 0. The molecule has 5 heteroatoms. The van der Waals surface area contributed by atoms with E-state index in [2.05, 4.69) is 40.6 Å². The van der Waals surface area contributed by atoms with Gasteiger partial charge < -0.3 is 5.32 Å². The Morgan fingerprint density at radius 3 is 2.70 bits per heavy atom. The molecule has 0 bridgehead atoms. The van der Waals surface area contributed by atoms with Crippen LogP contribution in [0.4, 0.5) is 5.69 Å². The van der Waals surface area contributed by atoms with Crippen LogP contribution < -0.4 is 5.32 Å². The zero-order valence-corrected chi connectivity index (χ0v) is 12.2. The van der Waals surface area contributed by atoms with Crippen molar-refractivity contribution in [2.75, 3.05) is 5.32 Å². The summed E-state index contributed by atoms with van der Waals surface area (Å²) in [6.45, 7) is 0.739. The van der Waals surface area contributed by atoms with Crippen molar-refractivity contribution >= 4 is 28.4 Å². The Morgan fingerprint density at radius 1 is 1.20 bits per heavy atom. The first kappa shape index (κ1) is 12.9. The van der Waals surface area contributed by atoms with E-state index in [1.807, 2.05) is 23.0 Å². The molecule has 0 amide bonds. The van der Waals surface area contributed by atoms with Crippen LogP contribution in [0.1, 0.15) is 10.4 Å². The summed E-state index contributed by atoms with van der Waals surface area (Å²) in [4.78, 5) is 5.45. The highest BCUT2D eigenvalue weighted by molar-refractivity contribution is 7.13. The van der Waals surface area contributed by atoms with Crippen LogP contribution in [0.5, 0.6) is 0 Å². The van der Waals surface area contributed by atoms with Gasteiger partial charge in [-0.05, 0) is 30.3 Å². The van der Waals surface area contributed by atoms with Crippen LogP contribution in [-0.4, -0.2) is 4.98 Å². The molecule has 0 radical (unpaired) electrons. The van der Waals surface area contributed by atoms with Crippen LogP contribution in [-0.2, 0) is 6.54 Å². The predicted molar refractivity (Wildman–Crippen MR) is 83.9 cm³/mol. The smallest absolute Gasteiger partial charge is 0.123 e. The van der Waals surface area contributed by atoms with Gasteiger partial charge in [-0.2, -0.15) is 5.26 Å². The zero-order chi connectivity index (χ0) is 13.8. The molecule has 0 atom stereocenters. The normalized spacial score (nSPS) is 10.2. The lowest BCUT2D eigenvalue weighted by molar-refractivity contribution is 1.19. The Bertz CT molecular complexity index is 721. The third kappa shape index (κ3) is 2.87. The van der Waals surface area contributed by atoms with Crippen LogP contribution >= 0.6 is 22.7 Å². The lowest BCUT2D eigenvalue weighted by Crippen LogP contribution is -1.96. The molecule has 3 aromatic rings. The number of aromatic nitrogens is 1. The average molecular weight is 297 g/mol. The zero-order valence-electron chi connectivity index (χ0n) is 10.5. The van der Waals surface area contributed by atoms with Crippen molar-refractivity contribution in [1.82, 2.24) is 4.98 Å². The Morgan fingerprint density at radius 2 is 2.05 bits per heavy atom. The maximum absolute atomic E-state index is 8.79. The van der Waals surface area contributed by atoms with Gasteiger partial charge in [-0.15, -0.1) is 22.7 Å². The fraction of sp³-hybridized carbons (Fsp3) is 0.0667. The maximum Gasteiger partial charge on any atom is 0.123 e. The quantitative estimate of drug-likeness (QED) is 0.778. The van der Waals surface area contributed by atoms with Crippen molar-refractivity contribution in [3.05, 3.63) is 57.7 Å². The summed E-state index contributed by atoms with van der Waals surface area (Å²) in [5, 5.41) is 17.0. The summed E-state index contributed by atoms with van der Waals surface area (Å²) in [6, 6.07) is 12.3. The molecule has 0 aliphatic rings. The number of anilines is 1. The lowest BCUT2D eigenvalue weighted by atomic mass is 10.2. The first-order valence-electron chi connectivity index (χ1n) is 6.06. The molecular formula is C15H11N3S2. The van der Waals surface area contributed by atoms with Crippen molar-refractivity contribution in [2.45, 2.75) is 6.54 Å². The molecule has 98 valence electrons. The van der Waals surface area contributed by atoms with Crippen LogP contribution in [0.25, 0.3) is 10.6 Å². The van der Waals surface area contributed by atoms with Crippen molar-refractivity contribution in [1.29, 1.82) is 5.26 Å². The summed E-state index contributed by atoms with van der Waals surface area (Å²) in [5.41, 5.74) is 2.93. The molecular weight excluding hydrogens is 286 g/mol. The monoisotopic (exact) mass is 297 g/mol. The Balaban J connectivity index is 1.65. The van der Waals surface area contributed by atoms with Crippen LogP contribution in [0.15, 0.2) is 47.3 Å². The standard InChI is InChI=1S/C15H11N3S2/c16-8-11-7-14(20-10-11)9-18-13-3-1-12(2-4-13)15-17-5-6-19-15/h1-7,10,18H,9H2. The highest BCUT2D eigenvalue weighted by Gasteiger charge is 2.01. The number of hydrogen-bond acceptors (Lipinski definition) is 5. The fourth-order valence-electron chi connectivity index (χ4n) is 1.82. The van der Waals surface area contributed by atoms with E-state index in [4.69, 9.17) is 5.26 Å². The molecule has 1 N–H and O–H groups in total. The maximum atomic E-state index is 8.79. The van der Waals surface area contributed by atoms with Crippen LogP contribution in [0, 0.1) is 11.3 Å². The Labute approximate surface area is 125 Å². The molecule has 20 heavy (non-hydrogen) atoms. The number of thiazole rings is 1. The Kier molecular flexibility index (Phi) is 3.77. The van der Waals surface area contributed by atoms with Gasteiger partial charge in [-0.1, -0.05) is 0 Å². The summed E-state index contributed by atoms with van der Waals surface area (Å²) in [7, 11) is 0. The van der Waals surface area contributed by atoms with Gasteiger partial charge in [0.25, 0.3) is 0 Å². The molecule has 0 aliphatic carbocycles. The number of hydrogen-bond donors (Lipinski definition) is 1. The number of nitrogens with one attached hydrogen (secondary N) is 1. The van der Waals surface area contributed by atoms with E-state index >= 15 is 0 Å². The first-order valence-corrected chi connectivity index (χ1v) is 7.82. The molecule has 2 aromatic heterocycles. The van der Waals surface area contributed by atoms with Crippen molar-refractivity contribution in [2.24, 2.45) is 0 Å². The number of nitriles is 1. The van der Waals surface area contributed by atoms with E-state index in [0.717, 1.165) is 33.2 Å². The van der Waals surface area contributed by atoms with E-state index in [9.17, 15) is 0 Å². The highest BCUT2D eigenvalue weighted by atomic mass is 32.1. The largest absolute Gasteiger partial charge is 0.380 e. The third-order valence-electron chi connectivity index (χ3n) is 2.81. The van der Waals surface area contributed by atoms with E-state index < -0.39 is 0 Å². The third-order valence-corrected chi connectivity index (χ3v) is 4.57. The minimum absolute atomic E-state index is 0.728. The van der Waals surface area contributed by atoms with Crippen molar-refractivity contribution in [3.63, 3.8) is 0 Å². The van der Waals surface area contributed by atoms with Gasteiger partial charge in [0.2, 0.25) is 0 Å². The Hall–Kier alpha value is -2.16. The number of benzene rings is 1. The summed E-state index contributed by atoms with van der Waals surface area (Å²) in [5.74, 6) is 0. The molecule has 2 heterocycles.